The molecule has 0 aromatic carbocycles. The van der Waals surface area contributed by atoms with Crippen molar-refractivity contribution in [3.8, 4) is 6.07 Å². The molecule has 2 rings (SSSR count). The molecule has 1 saturated carbocycles. The monoisotopic (exact) mass is 306 g/mol. The fourth-order valence-electron chi connectivity index (χ4n) is 3.37. The molecule has 0 bridgehead atoms. The summed E-state index contributed by atoms with van der Waals surface area (Å²) in [4.78, 5) is 27.6. The number of amides is 2. The summed E-state index contributed by atoms with van der Waals surface area (Å²) in [7, 11) is 3.53. The largest absolute Gasteiger partial charge is 0.349 e. The Bertz CT molecular complexity index is 455. The van der Waals surface area contributed by atoms with Gasteiger partial charge in [0.15, 0.2) is 0 Å². The van der Waals surface area contributed by atoms with E-state index in [2.05, 4.69) is 11.4 Å². The summed E-state index contributed by atoms with van der Waals surface area (Å²) in [5.41, 5.74) is -0.654. The zero-order valence-corrected chi connectivity index (χ0v) is 13.6. The third kappa shape index (κ3) is 3.77. The van der Waals surface area contributed by atoms with Crippen molar-refractivity contribution in [3.63, 3.8) is 0 Å². The summed E-state index contributed by atoms with van der Waals surface area (Å²) in [6.45, 7) is 1.89. The van der Waals surface area contributed by atoms with Crippen LogP contribution in [0.2, 0.25) is 0 Å². The molecule has 122 valence electrons. The molecule has 6 heteroatoms. The first-order chi connectivity index (χ1) is 10.5. The zero-order valence-electron chi connectivity index (χ0n) is 13.6. The second-order valence-corrected chi connectivity index (χ2v) is 6.64. The second-order valence-electron chi connectivity index (χ2n) is 6.64. The summed E-state index contributed by atoms with van der Waals surface area (Å²) < 4.78 is 0. The molecule has 2 amide bonds. The van der Waals surface area contributed by atoms with Crippen molar-refractivity contribution in [2.45, 2.75) is 44.1 Å². The van der Waals surface area contributed by atoms with E-state index in [-0.39, 0.29) is 24.3 Å². The molecule has 6 nitrogen and oxygen atoms in total. The highest BCUT2D eigenvalue weighted by atomic mass is 16.2. The van der Waals surface area contributed by atoms with Crippen molar-refractivity contribution in [1.29, 1.82) is 5.26 Å². The van der Waals surface area contributed by atoms with Crippen LogP contribution in [-0.2, 0) is 9.59 Å². The molecule has 0 unspecified atom stereocenters. The lowest BCUT2D eigenvalue weighted by Gasteiger charge is -2.36. The Labute approximate surface area is 132 Å². The molecule has 22 heavy (non-hydrogen) atoms. The van der Waals surface area contributed by atoms with Gasteiger partial charge in [-0.2, -0.15) is 5.26 Å². The number of hydrogen-bond acceptors (Lipinski definition) is 4. The lowest BCUT2D eigenvalue weighted by Crippen LogP contribution is -2.51. The highest BCUT2D eigenvalue weighted by Gasteiger charge is 2.38. The van der Waals surface area contributed by atoms with Crippen molar-refractivity contribution in [3.05, 3.63) is 0 Å². The Balaban J connectivity index is 1.85. The third-order valence-corrected chi connectivity index (χ3v) is 4.88. The number of carbonyl (C=O) groups is 2. The van der Waals surface area contributed by atoms with Gasteiger partial charge in [0.25, 0.3) is 0 Å². The number of rotatable bonds is 4. The highest BCUT2D eigenvalue weighted by Crippen LogP contribution is 2.32. The van der Waals surface area contributed by atoms with Gasteiger partial charge in [-0.25, -0.2) is 0 Å². The molecule has 1 aliphatic carbocycles. The molecule has 2 fully saturated rings. The van der Waals surface area contributed by atoms with E-state index >= 15 is 0 Å². The van der Waals surface area contributed by atoms with E-state index in [1.54, 1.807) is 19.0 Å². The summed E-state index contributed by atoms with van der Waals surface area (Å²) in [5, 5.41) is 12.7. The Hall–Kier alpha value is -1.61. The molecule has 0 atom stereocenters. The maximum absolute atomic E-state index is 12.1. The van der Waals surface area contributed by atoms with Crippen LogP contribution in [0, 0.1) is 17.2 Å². The standard InChI is InChI=1S/C16H26N4O2/c1-19(2)15(22)13-5-7-16(12-17,8-6-13)18-11-14(21)20-9-3-4-10-20/h13,18H,3-11H2,1-2H3. The van der Waals surface area contributed by atoms with Gasteiger partial charge in [0.2, 0.25) is 11.8 Å². The van der Waals surface area contributed by atoms with Gasteiger partial charge in [0.05, 0.1) is 12.6 Å². The first kappa shape index (κ1) is 16.8. The van der Waals surface area contributed by atoms with Crippen LogP contribution >= 0.6 is 0 Å². The van der Waals surface area contributed by atoms with Gasteiger partial charge in [-0.05, 0) is 38.5 Å². The van der Waals surface area contributed by atoms with Crippen LogP contribution in [0.1, 0.15) is 38.5 Å². The minimum atomic E-state index is -0.654. The van der Waals surface area contributed by atoms with E-state index in [1.165, 1.54) is 0 Å². The van der Waals surface area contributed by atoms with E-state index in [9.17, 15) is 14.9 Å². The van der Waals surface area contributed by atoms with Crippen molar-refractivity contribution in [2.75, 3.05) is 33.7 Å². The minimum absolute atomic E-state index is 0.00700. The molecule has 1 aliphatic heterocycles. The normalized spacial score (nSPS) is 28.2. The third-order valence-electron chi connectivity index (χ3n) is 4.88. The topological polar surface area (TPSA) is 76.4 Å². The van der Waals surface area contributed by atoms with E-state index < -0.39 is 5.54 Å². The number of nitrogens with one attached hydrogen (secondary N) is 1. The smallest absolute Gasteiger partial charge is 0.236 e. The summed E-state index contributed by atoms with van der Waals surface area (Å²) >= 11 is 0. The van der Waals surface area contributed by atoms with Crippen LogP contribution < -0.4 is 5.32 Å². The molecule has 0 aromatic rings. The minimum Gasteiger partial charge on any atom is -0.349 e. The number of nitriles is 1. The van der Waals surface area contributed by atoms with E-state index in [1.807, 2.05) is 4.90 Å². The Kier molecular flexibility index (Phi) is 5.41. The van der Waals surface area contributed by atoms with E-state index in [0.29, 0.717) is 25.7 Å². The molecular weight excluding hydrogens is 280 g/mol. The number of nitrogens with zero attached hydrogens (tertiary/aromatic N) is 3. The van der Waals surface area contributed by atoms with Gasteiger partial charge < -0.3 is 9.80 Å². The van der Waals surface area contributed by atoms with Crippen LogP contribution in [0.15, 0.2) is 0 Å². The molecule has 0 spiro atoms. The molecule has 1 saturated heterocycles. The Morgan fingerprint density at radius 1 is 1.27 bits per heavy atom. The Morgan fingerprint density at radius 2 is 1.86 bits per heavy atom. The maximum Gasteiger partial charge on any atom is 0.236 e. The van der Waals surface area contributed by atoms with Gasteiger partial charge >= 0.3 is 0 Å². The number of hydrogen-bond donors (Lipinski definition) is 1. The van der Waals surface area contributed by atoms with Crippen LogP contribution in [0.3, 0.4) is 0 Å². The predicted molar refractivity (Wildman–Crippen MR) is 82.8 cm³/mol. The quantitative estimate of drug-likeness (QED) is 0.831. The Morgan fingerprint density at radius 3 is 2.36 bits per heavy atom. The van der Waals surface area contributed by atoms with Crippen molar-refractivity contribution >= 4 is 11.8 Å². The predicted octanol–water partition coefficient (Wildman–Crippen LogP) is 0.739. The molecule has 1 heterocycles. The number of carbonyl (C=O) groups excluding carboxylic acids is 2. The van der Waals surface area contributed by atoms with Crippen molar-refractivity contribution < 1.29 is 9.59 Å². The van der Waals surface area contributed by atoms with Crippen LogP contribution in [0.5, 0.6) is 0 Å². The molecule has 2 aliphatic rings. The van der Waals surface area contributed by atoms with E-state index in [0.717, 1.165) is 25.9 Å². The van der Waals surface area contributed by atoms with Gasteiger partial charge in [0, 0.05) is 33.1 Å². The first-order valence-corrected chi connectivity index (χ1v) is 8.13. The fraction of sp³-hybridized carbons (Fsp3) is 0.812. The van der Waals surface area contributed by atoms with Gasteiger partial charge in [-0.1, -0.05) is 0 Å². The van der Waals surface area contributed by atoms with Crippen LogP contribution in [0.4, 0.5) is 0 Å². The lowest BCUT2D eigenvalue weighted by atomic mass is 9.76. The number of likely N-dealkylation sites (tertiary alicyclic amines) is 1. The fourth-order valence-corrected chi connectivity index (χ4v) is 3.37. The highest BCUT2D eigenvalue weighted by molar-refractivity contribution is 5.79. The van der Waals surface area contributed by atoms with Crippen molar-refractivity contribution in [2.24, 2.45) is 5.92 Å². The van der Waals surface area contributed by atoms with Gasteiger partial charge in [-0.3, -0.25) is 14.9 Å². The van der Waals surface area contributed by atoms with Crippen LogP contribution in [0.25, 0.3) is 0 Å². The first-order valence-electron chi connectivity index (χ1n) is 8.13. The van der Waals surface area contributed by atoms with Gasteiger partial charge in [-0.15, -0.1) is 0 Å². The van der Waals surface area contributed by atoms with Crippen molar-refractivity contribution in [1.82, 2.24) is 15.1 Å². The molecular formula is C16H26N4O2. The summed E-state index contributed by atoms with van der Waals surface area (Å²) in [5.74, 6) is 0.228. The zero-order chi connectivity index (χ0) is 16.2. The van der Waals surface area contributed by atoms with Crippen LogP contribution in [-0.4, -0.2) is 60.9 Å². The maximum atomic E-state index is 12.1. The second kappa shape index (κ2) is 7.10. The molecule has 1 N–H and O–H groups in total. The molecule has 0 aromatic heterocycles. The average Bonchev–Trinajstić information content (AvgIpc) is 3.07. The van der Waals surface area contributed by atoms with E-state index in [4.69, 9.17) is 0 Å². The molecule has 0 radical (unpaired) electrons. The van der Waals surface area contributed by atoms with Gasteiger partial charge in [0.1, 0.15) is 5.54 Å². The lowest BCUT2D eigenvalue weighted by molar-refractivity contribution is -0.134. The summed E-state index contributed by atoms with van der Waals surface area (Å²) in [6.07, 6.45) is 4.81. The summed E-state index contributed by atoms with van der Waals surface area (Å²) in [6, 6.07) is 2.35. The average molecular weight is 306 g/mol. The SMILES string of the molecule is CN(C)C(=O)C1CCC(C#N)(NCC(=O)N2CCCC2)CC1.